The Kier molecular flexibility index (Phi) is 23.1. The van der Waals surface area contributed by atoms with Gasteiger partial charge in [-0.2, -0.15) is 0 Å². The van der Waals surface area contributed by atoms with Crippen molar-refractivity contribution >= 4 is 169 Å². The van der Waals surface area contributed by atoms with E-state index < -0.39 is 11.6 Å². The predicted molar refractivity (Wildman–Crippen MR) is 423 cm³/mol. The second-order valence-corrected chi connectivity index (χ2v) is 36.5. The molecule has 10 heterocycles. The van der Waals surface area contributed by atoms with Gasteiger partial charge in [-0.05, 0) is 124 Å². The molecule has 4 unspecified atom stereocenters. The molecule has 0 aliphatic carbocycles. The largest absolute Gasteiger partial charge is 0.322 e. The highest BCUT2D eigenvalue weighted by Gasteiger charge is 2.43. The van der Waals surface area contributed by atoms with Crippen LogP contribution in [0, 0.1) is 55.0 Å². The molecule has 96 heavy (non-hydrogen) atoms. The highest BCUT2D eigenvalue weighted by Crippen LogP contribution is 2.58. The van der Waals surface area contributed by atoms with Crippen LogP contribution >= 0.6 is 127 Å². The van der Waals surface area contributed by atoms with Gasteiger partial charge in [-0.15, -0.1) is 90.7 Å². The molecular formula is C78H84ClF3N2O2S10. The molecule has 2 amide bonds. The Bertz CT molecular complexity index is 4440. The number of hydrogen-bond donors (Lipinski definition) is 0. The summed E-state index contributed by atoms with van der Waals surface area (Å²) in [6, 6.07) is 18.8. The number of imide groups is 1. The van der Waals surface area contributed by atoms with Crippen molar-refractivity contribution in [3.8, 4) is 71.0 Å². The van der Waals surface area contributed by atoms with Gasteiger partial charge in [0.25, 0.3) is 11.8 Å². The standard InChI is InChI=1S/C78H84ClF3N2O2S10/c1-11-19-23-43(15-5)32-59-51(79)37-61(93-59)65-49-31-41(9)89-70(49)66(62-38-54(82)60(94-62)33-44(16-6)24-20-12-2)50-36-63(95-71(50)65)74-69-68(77(87)84(78(69)88)40-46(18-8)26-22-14-4)73(96-74)58-30-28-56(92-58)48-35-52(80)47(34-53(48)81)55-27-29-57(91-55)72-67-64(42(10)90-72)75(85)83(76(67)86)39-45(17-7)25-21-13-3/h27-31,34-38,43-46H,11-26,32-33,39-40H2,1-10H3. The molecule has 0 radical (unpaired) electrons. The summed E-state index contributed by atoms with van der Waals surface area (Å²) in [6.45, 7) is 22.9. The van der Waals surface area contributed by atoms with E-state index in [1.807, 2.05) is 36.5 Å². The van der Waals surface area contributed by atoms with Crippen molar-refractivity contribution in [1.29, 1.82) is 0 Å². The lowest BCUT2D eigenvalue weighted by Crippen LogP contribution is -2.34. The van der Waals surface area contributed by atoms with Gasteiger partial charge >= 0.3 is 0 Å². The summed E-state index contributed by atoms with van der Waals surface area (Å²) >= 11 is 33.4. The summed E-state index contributed by atoms with van der Waals surface area (Å²) in [5, 5.41) is 3.03. The predicted octanol–water partition coefficient (Wildman–Crippen LogP) is 28.1. The first-order valence-corrected chi connectivity index (χ1v) is 42.4. The molecule has 4 nitrogen and oxygen atoms in total. The number of unbranched alkanes of at least 4 members (excludes halogenated alkanes) is 4. The summed E-state index contributed by atoms with van der Waals surface area (Å²) < 4.78 is 52.9. The third-order valence-electron chi connectivity index (χ3n) is 19.9. The van der Waals surface area contributed by atoms with E-state index in [1.165, 1.54) is 73.6 Å². The summed E-state index contributed by atoms with van der Waals surface area (Å²) in [6.07, 6.45) is 18.8. The summed E-state index contributed by atoms with van der Waals surface area (Å²) in [5.74, 6) is -0.229. The van der Waals surface area contributed by atoms with Crippen molar-refractivity contribution < 1.29 is 22.8 Å². The minimum Gasteiger partial charge on any atom is -0.322 e. The SMILES string of the molecule is CCCCC(CC)Cc1sc(-c2c3cc(-c4sc(-c5ccc(-c6cc(F)c(-c7ccc(-c8sc(C)c9c8C(=O)N(CC(CC)CCCC)C9=O)s7)cc6F)s5)c5c4C(=S)N(CC(CC)CCCC)C5=S)sc3c(-c3cc(Cl)c(CC(CC)CCCC)s3)c3cc(C)sc23)cc1F. The maximum absolute atomic E-state index is 17.0. The Morgan fingerprint density at radius 3 is 1.42 bits per heavy atom. The number of amides is 2. The van der Waals surface area contributed by atoms with Crippen LogP contribution in [0.2, 0.25) is 5.02 Å². The van der Waals surface area contributed by atoms with Crippen molar-refractivity contribution in [3.63, 3.8) is 0 Å². The van der Waals surface area contributed by atoms with Gasteiger partial charge in [0.15, 0.2) is 0 Å². The number of aryl methyl sites for hydroxylation is 2. The zero-order chi connectivity index (χ0) is 68.0. The number of hydrogen-bond acceptors (Lipinski definition) is 12. The Morgan fingerprint density at radius 1 is 0.427 bits per heavy atom. The minimum absolute atomic E-state index is 0.126. The molecule has 0 bridgehead atoms. The van der Waals surface area contributed by atoms with Crippen molar-refractivity contribution in [2.75, 3.05) is 13.1 Å². The van der Waals surface area contributed by atoms with E-state index in [0.717, 1.165) is 194 Å². The van der Waals surface area contributed by atoms with Gasteiger partial charge in [0, 0.05) is 120 Å². The molecule has 2 aromatic carbocycles. The lowest BCUT2D eigenvalue weighted by atomic mass is 9.95. The van der Waals surface area contributed by atoms with Crippen molar-refractivity contribution in [1.82, 2.24) is 9.80 Å². The number of thiocarbonyl (C=S) groups is 2. The molecule has 0 spiro atoms. The third-order valence-corrected chi connectivity index (χ3v) is 30.8. The fourth-order valence-electron chi connectivity index (χ4n) is 14.1. The molecule has 506 valence electrons. The first-order chi connectivity index (χ1) is 46.4. The second-order valence-electron chi connectivity index (χ2n) is 26.4. The van der Waals surface area contributed by atoms with Gasteiger partial charge in [0.2, 0.25) is 0 Å². The van der Waals surface area contributed by atoms with Crippen LogP contribution in [0.25, 0.3) is 91.2 Å². The number of benzene rings is 2. The molecule has 8 aromatic heterocycles. The molecule has 0 saturated carbocycles. The first-order valence-electron chi connectivity index (χ1n) is 34.7. The fourth-order valence-corrected chi connectivity index (χ4v) is 25.2. The van der Waals surface area contributed by atoms with E-state index in [4.69, 9.17) is 36.0 Å². The van der Waals surface area contributed by atoms with Gasteiger partial charge in [-0.25, -0.2) is 13.2 Å². The lowest BCUT2D eigenvalue weighted by molar-refractivity contribution is 0.0624. The number of halogens is 4. The van der Waals surface area contributed by atoms with Crippen LogP contribution in [0.3, 0.4) is 0 Å². The second kappa shape index (κ2) is 30.9. The van der Waals surface area contributed by atoms with Gasteiger partial charge < -0.3 is 4.90 Å². The fraction of sp³-hybridized carbons (Fsp3) is 0.436. The molecule has 0 fully saturated rings. The van der Waals surface area contributed by atoms with Gasteiger partial charge in [-0.1, -0.05) is 181 Å². The molecule has 2 aliphatic heterocycles. The van der Waals surface area contributed by atoms with Crippen LogP contribution in [-0.4, -0.2) is 44.7 Å². The van der Waals surface area contributed by atoms with E-state index in [2.05, 4.69) is 85.4 Å². The molecular weight excluding hydrogens is 1410 g/mol. The number of rotatable bonds is 31. The van der Waals surface area contributed by atoms with E-state index in [9.17, 15) is 9.59 Å². The molecule has 12 rings (SSSR count). The van der Waals surface area contributed by atoms with E-state index in [0.29, 0.717) is 66.6 Å². The quantitative estimate of drug-likeness (QED) is 0.0320. The first kappa shape index (κ1) is 71.6. The Morgan fingerprint density at radius 2 is 0.875 bits per heavy atom. The van der Waals surface area contributed by atoms with Crippen LogP contribution in [0.4, 0.5) is 13.2 Å². The maximum atomic E-state index is 17.0. The molecule has 0 N–H and O–H groups in total. The average Bonchev–Trinajstić information content (AvgIpc) is 1.55. The minimum atomic E-state index is -0.567. The van der Waals surface area contributed by atoms with Crippen molar-refractivity contribution in [2.45, 2.75) is 185 Å². The normalized spacial score (nSPS) is 14.6. The van der Waals surface area contributed by atoms with Crippen LogP contribution in [0.1, 0.15) is 209 Å². The van der Waals surface area contributed by atoms with Crippen molar-refractivity contribution in [2.24, 2.45) is 23.7 Å². The average molecular weight is 1490 g/mol. The highest BCUT2D eigenvalue weighted by atomic mass is 35.5. The molecule has 0 saturated heterocycles. The van der Waals surface area contributed by atoms with Crippen LogP contribution in [0.5, 0.6) is 0 Å². The van der Waals surface area contributed by atoms with Crippen LogP contribution in [-0.2, 0) is 12.8 Å². The van der Waals surface area contributed by atoms with Gasteiger partial charge in [0.05, 0.1) is 30.8 Å². The number of thiophene rings is 8. The number of carbonyl (C=O) groups excluding carboxylic acids is 2. The highest BCUT2D eigenvalue weighted by molar-refractivity contribution is 7.83. The Hall–Kier alpha value is -4.24. The number of nitrogens with zero attached hydrogens (tertiary/aromatic N) is 2. The maximum Gasteiger partial charge on any atom is 0.263 e. The van der Waals surface area contributed by atoms with Gasteiger partial charge in [-0.3, -0.25) is 14.5 Å². The number of carbonyl (C=O) groups is 2. The monoisotopic (exact) mass is 1490 g/mol. The smallest absolute Gasteiger partial charge is 0.263 e. The lowest BCUT2D eigenvalue weighted by Gasteiger charge is -2.25. The van der Waals surface area contributed by atoms with E-state index in [1.54, 1.807) is 57.5 Å². The van der Waals surface area contributed by atoms with Crippen LogP contribution < -0.4 is 0 Å². The summed E-state index contributed by atoms with van der Waals surface area (Å²) in [7, 11) is 0. The van der Waals surface area contributed by atoms with E-state index in [-0.39, 0.29) is 34.7 Å². The van der Waals surface area contributed by atoms with E-state index >= 15 is 13.2 Å². The summed E-state index contributed by atoms with van der Waals surface area (Å²) in [5.41, 5.74) is 5.21. The molecule has 18 heteroatoms. The molecule has 4 atom stereocenters. The Labute approximate surface area is 613 Å². The molecule has 10 aromatic rings. The third kappa shape index (κ3) is 13.9. The number of fused-ring (bicyclic) bond motifs is 4. The summed E-state index contributed by atoms with van der Waals surface area (Å²) in [4.78, 5) is 45.4. The zero-order valence-corrected chi connectivity index (χ0v) is 65.5. The van der Waals surface area contributed by atoms with Crippen LogP contribution in [0.15, 0.2) is 60.7 Å². The van der Waals surface area contributed by atoms with Gasteiger partial charge in [0.1, 0.15) is 27.4 Å². The Balaban J connectivity index is 0.957. The van der Waals surface area contributed by atoms with Crippen molar-refractivity contribution in [3.05, 3.63) is 125 Å². The topological polar surface area (TPSA) is 40.6 Å². The zero-order valence-electron chi connectivity index (χ0n) is 56.5. The molecule has 2 aliphatic rings.